The van der Waals surface area contributed by atoms with Gasteiger partial charge >= 0.3 is 0 Å². The van der Waals surface area contributed by atoms with E-state index in [9.17, 15) is 14.4 Å². The molecule has 3 aromatic rings. The van der Waals surface area contributed by atoms with Gasteiger partial charge in [-0.1, -0.05) is 38.1 Å². The predicted molar refractivity (Wildman–Crippen MR) is 155 cm³/mol. The second-order valence-electron chi connectivity index (χ2n) is 9.58. The standard InChI is InChI=1S/C28H36N6O4S/c1-6-38-21-10-8-7-9-20(21)34(28(37)25-22(29)23(26(30)35)32-39-25)24(27(36)31-16-15-17(2)3)18-11-13-19(14-12-18)33(4)5/h7-14,17,24H,6,15-16,29H2,1-5H3,(H2,30,35)(H,31,36). The summed E-state index contributed by atoms with van der Waals surface area (Å²) in [4.78, 5) is 43.3. The predicted octanol–water partition coefficient (Wildman–Crippen LogP) is 3.84. The van der Waals surface area contributed by atoms with Crippen LogP contribution in [-0.4, -0.2) is 49.3 Å². The summed E-state index contributed by atoms with van der Waals surface area (Å²) in [5.74, 6) is -1.03. The Morgan fingerprint density at radius 3 is 2.31 bits per heavy atom. The summed E-state index contributed by atoms with van der Waals surface area (Å²) in [7, 11) is 3.84. The summed E-state index contributed by atoms with van der Waals surface area (Å²) in [5, 5.41) is 2.99. The van der Waals surface area contributed by atoms with Crippen LogP contribution in [0.25, 0.3) is 0 Å². The number of nitrogen functional groups attached to an aromatic ring is 1. The first-order valence-corrected chi connectivity index (χ1v) is 13.5. The Bertz CT molecular complexity index is 1310. The van der Waals surface area contributed by atoms with Crippen molar-refractivity contribution < 1.29 is 19.1 Å². The summed E-state index contributed by atoms with van der Waals surface area (Å²) in [6.45, 7) is 6.75. The number of carbonyl (C=O) groups is 3. The van der Waals surface area contributed by atoms with Crippen molar-refractivity contribution >= 4 is 46.3 Å². The number of ether oxygens (including phenoxy) is 1. The highest BCUT2D eigenvalue weighted by Gasteiger charge is 2.37. The van der Waals surface area contributed by atoms with Gasteiger partial charge in [-0.25, -0.2) is 0 Å². The molecule has 0 saturated carbocycles. The van der Waals surface area contributed by atoms with Gasteiger partial charge in [0.15, 0.2) is 5.69 Å². The van der Waals surface area contributed by atoms with Crippen molar-refractivity contribution in [3.8, 4) is 5.75 Å². The van der Waals surface area contributed by atoms with Crippen LogP contribution in [0.2, 0.25) is 0 Å². The summed E-state index contributed by atoms with van der Waals surface area (Å²) in [5.41, 5.74) is 13.1. The highest BCUT2D eigenvalue weighted by atomic mass is 32.1. The number of aromatic nitrogens is 1. The molecule has 1 heterocycles. The molecule has 10 nitrogen and oxygen atoms in total. The van der Waals surface area contributed by atoms with Gasteiger partial charge in [-0.2, -0.15) is 4.37 Å². The topological polar surface area (TPSA) is 144 Å². The molecule has 11 heteroatoms. The van der Waals surface area contributed by atoms with E-state index < -0.39 is 17.9 Å². The fraction of sp³-hybridized carbons (Fsp3) is 0.357. The van der Waals surface area contributed by atoms with Gasteiger partial charge in [-0.05, 0) is 60.6 Å². The molecule has 3 rings (SSSR count). The minimum absolute atomic E-state index is 0.00000591. The zero-order valence-electron chi connectivity index (χ0n) is 22.9. The number of rotatable bonds is 12. The molecule has 0 spiro atoms. The highest BCUT2D eigenvalue weighted by Crippen LogP contribution is 2.38. The Labute approximate surface area is 233 Å². The summed E-state index contributed by atoms with van der Waals surface area (Å²) in [6, 6.07) is 13.3. The average molecular weight is 553 g/mol. The van der Waals surface area contributed by atoms with Crippen molar-refractivity contribution in [3.05, 3.63) is 64.7 Å². The zero-order chi connectivity index (χ0) is 28.7. The number of carbonyl (C=O) groups excluding carboxylic acids is 3. The van der Waals surface area contributed by atoms with Gasteiger partial charge in [-0.3, -0.25) is 19.3 Å². The van der Waals surface area contributed by atoms with Crippen molar-refractivity contribution in [1.82, 2.24) is 9.69 Å². The van der Waals surface area contributed by atoms with E-state index >= 15 is 0 Å². The van der Waals surface area contributed by atoms with E-state index in [4.69, 9.17) is 16.2 Å². The fourth-order valence-corrected chi connectivity index (χ4v) is 4.73. The van der Waals surface area contributed by atoms with E-state index in [1.165, 1.54) is 4.90 Å². The van der Waals surface area contributed by atoms with Crippen LogP contribution in [0.3, 0.4) is 0 Å². The number of amides is 3. The minimum Gasteiger partial charge on any atom is -0.492 e. The number of benzene rings is 2. The number of nitrogens with one attached hydrogen (secondary N) is 1. The molecule has 1 unspecified atom stereocenters. The lowest BCUT2D eigenvalue weighted by Gasteiger charge is -2.32. The lowest BCUT2D eigenvalue weighted by Crippen LogP contribution is -2.44. The van der Waals surface area contributed by atoms with Gasteiger partial charge in [-0.15, -0.1) is 0 Å². The average Bonchev–Trinajstić information content (AvgIpc) is 3.29. The van der Waals surface area contributed by atoms with Gasteiger partial charge in [0.25, 0.3) is 11.8 Å². The van der Waals surface area contributed by atoms with Crippen LogP contribution in [0.4, 0.5) is 17.1 Å². The number of nitrogens with zero attached hydrogens (tertiary/aromatic N) is 3. The van der Waals surface area contributed by atoms with Crippen molar-refractivity contribution in [3.63, 3.8) is 0 Å². The number of nitrogens with two attached hydrogens (primary N) is 2. The summed E-state index contributed by atoms with van der Waals surface area (Å²) in [6.07, 6.45) is 0.769. The molecule has 1 atom stereocenters. The van der Waals surface area contributed by atoms with Crippen molar-refractivity contribution in [2.24, 2.45) is 11.7 Å². The third-order valence-corrected chi connectivity index (χ3v) is 6.90. The smallest absolute Gasteiger partial charge is 0.273 e. The van der Waals surface area contributed by atoms with Gasteiger partial charge < -0.3 is 26.4 Å². The van der Waals surface area contributed by atoms with E-state index in [2.05, 4.69) is 23.5 Å². The SMILES string of the molecule is CCOc1ccccc1N(C(=O)c1snc(C(N)=O)c1N)C(C(=O)NCCC(C)C)c1ccc(N(C)C)cc1. The lowest BCUT2D eigenvalue weighted by atomic mass is 10.0. The lowest BCUT2D eigenvalue weighted by molar-refractivity contribution is -0.122. The molecular formula is C28H36N6O4S. The Hall–Kier alpha value is -4.12. The number of primary amides is 1. The van der Waals surface area contributed by atoms with Crippen LogP contribution in [0.15, 0.2) is 48.5 Å². The second-order valence-corrected chi connectivity index (χ2v) is 10.3. The first-order valence-electron chi connectivity index (χ1n) is 12.7. The molecular weight excluding hydrogens is 516 g/mol. The molecule has 0 aliphatic heterocycles. The first-order chi connectivity index (χ1) is 18.6. The van der Waals surface area contributed by atoms with Crippen LogP contribution in [0.5, 0.6) is 5.75 Å². The van der Waals surface area contributed by atoms with Gasteiger partial charge in [0.1, 0.15) is 16.7 Å². The molecule has 208 valence electrons. The number of hydrogen-bond donors (Lipinski definition) is 3. The van der Waals surface area contributed by atoms with E-state index in [0.29, 0.717) is 36.1 Å². The van der Waals surface area contributed by atoms with Crippen molar-refractivity contribution in [1.29, 1.82) is 0 Å². The molecule has 0 aliphatic rings. The van der Waals surface area contributed by atoms with Crippen LogP contribution < -0.4 is 31.3 Å². The van der Waals surface area contributed by atoms with Gasteiger partial charge in [0.05, 0.1) is 18.0 Å². The Morgan fingerprint density at radius 2 is 1.74 bits per heavy atom. The maximum Gasteiger partial charge on any atom is 0.273 e. The third kappa shape index (κ3) is 6.85. The molecule has 0 aliphatic carbocycles. The quantitative estimate of drug-likeness (QED) is 0.310. The van der Waals surface area contributed by atoms with E-state index in [-0.39, 0.29) is 22.2 Å². The number of hydrogen-bond acceptors (Lipinski definition) is 8. The van der Waals surface area contributed by atoms with Gasteiger partial charge in [0.2, 0.25) is 5.91 Å². The van der Waals surface area contributed by atoms with Crippen LogP contribution >= 0.6 is 11.5 Å². The van der Waals surface area contributed by atoms with Crippen LogP contribution in [0.1, 0.15) is 59.0 Å². The molecule has 5 N–H and O–H groups in total. The molecule has 0 saturated heterocycles. The normalized spacial score (nSPS) is 11.6. The molecule has 1 aromatic heterocycles. The molecule has 0 bridgehead atoms. The molecule has 0 fully saturated rings. The Morgan fingerprint density at radius 1 is 1.08 bits per heavy atom. The zero-order valence-corrected chi connectivity index (χ0v) is 23.7. The third-order valence-electron chi connectivity index (χ3n) is 6.05. The van der Waals surface area contributed by atoms with Gasteiger partial charge in [0, 0.05) is 26.3 Å². The van der Waals surface area contributed by atoms with E-state index in [1.807, 2.05) is 50.2 Å². The molecule has 2 aromatic carbocycles. The maximum absolute atomic E-state index is 14.3. The molecule has 3 amide bonds. The van der Waals surface area contributed by atoms with E-state index in [1.54, 1.807) is 24.3 Å². The monoisotopic (exact) mass is 552 g/mol. The van der Waals surface area contributed by atoms with Crippen molar-refractivity contribution in [2.45, 2.75) is 33.2 Å². The Balaban J connectivity index is 2.23. The number of para-hydroxylation sites is 2. The fourth-order valence-electron chi connectivity index (χ4n) is 3.99. The second kappa shape index (κ2) is 13.1. The van der Waals surface area contributed by atoms with E-state index in [0.717, 1.165) is 23.6 Å². The minimum atomic E-state index is -1.08. The first kappa shape index (κ1) is 29.4. The molecule has 0 radical (unpaired) electrons. The Kier molecular flexibility index (Phi) is 9.89. The van der Waals surface area contributed by atoms with Crippen molar-refractivity contribution in [2.75, 3.05) is 42.8 Å². The van der Waals surface area contributed by atoms with Crippen LogP contribution in [0, 0.1) is 5.92 Å². The van der Waals surface area contributed by atoms with Crippen LogP contribution in [-0.2, 0) is 4.79 Å². The summed E-state index contributed by atoms with van der Waals surface area (Å²) >= 11 is 0.761. The summed E-state index contributed by atoms with van der Waals surface area (Å²) < 4.78 is 9.86. The largest absolute Gasteiger partial charge is 0.492 e. The number of anilines is 3. The maximum atomic E-state index is 14.3. The highest BCUT2D eigenvalue weighted by molar-refractivity contribution is 7.09. The molecule has 39 heavy (non-hydrogen) atoms.